The number of carbonyl (C=O) groups is 2. The number of hydrogen-bond donors (Lipinski definition) is 2. The summed E-state index contributed by atoms with van der Waals surface area (Å²) in [7, 11) is 0. The molecule has 0 spiro atoms. The van der Waals surface area contributed by atoms with Gasteiger partial charge in [0.2, 0.25) is 5.82 Å². The lowest BCUT2D eigenvalue weighted by atomic mass is 10.0. The number of aromatic nitrogens is 3. The number of H-pyrrole nitrogens is 1. The maximum absolute atomic E-state index is 12.2. The molecule has 0 radical (unpaired) electrons. The van der Waals surface area contributed by atoms with Gasteiger partial charge in [0.15, 0.2) is 0 Å². The number of carboxylic acids is 1. The Hall–Kier alpha value is -1.92. The number of nitrogens with one attached hydrogen (secondary N) is 1. The Kier molecular flexibility index (Phi) is 3.82. The molecule has 0 saturated carbocycles. The van der Waals surface area contributed by atoms with Crippen molar-refractivity contribution in [1.82, 2.24) is 20.1 Å². The fourth-order valence-electron chi connectivity index (χ4n) is 2.42. The van der Waals surface area contributed by atoms with E-state index in [0.717, 1.165) is 12.8 Å². The molecule has 1 fully saturated rings. The molecule has 2 atom stereocenters. The topological polar surface area (TPSA) is 99.2 Å². The number of likely N-dealkylation sites (tertiary alicyclic amines) is 1. The van der Waals surface area contributed by atoms with Crippen LogP contribution in [0.5, 0.6) is 0 Å². The van der Waals surface area contributed by atoms with Gasteiger partial charge in [0, 0.05) is 13.0 Å². The zero-order valence-corrected chi connectivity index (χ0v) is 11.1. The summed E-state index contributed by atoms with van der Waals surface area (Å²) in [5, 5.41) is 15.8. The molecule has 0 bridgehead atoms. The standard InChI is InChI=1S/C12H18N4O3/c1-3-4-8-13-10(15-14-8)11(17)16-6-5-7(2)9(16)12(18)19/h7,9H,3-6H2,1-2H3,(H,18,19)(H,13,14,15). The highest BCUT2D eigenvalue weighted by molar-refractivity contribution is 5.94. The predicted octanol–water partition coefficient (Wildman–Crippen LogP) is 0.692. The monoisotopic (exact) mass is 266 g/mol. The normalized spacial score (nSPS) is 22.7. The second kappa shape index (κ2) is 5.38. The number of carbonyl (C=O) groups excluding carboxylic acids is 1. The third-order valence-corrected chi connectivity index (χ3v) is 3.42. The van der Waals surface area contributed by atoms with Crippen LogP contribution in [0.4, 0.5) is 0 Å². The molecule has 1 aliphatic heterocycles. The van der Waals surface area contributed by atoms with Crippen molar-refractivity contribution in [3.8, 4) is 0 Å². The summed E-state index contributed by atoms with van der Waals surface area (Å²) in [6.07, 6.45) is 2.31. The van der Waals surface area contributed by atoms with Crippen LogP contribution in [-0.4, -0.2) is 49.7 Å². The summed E-state index contributed by atoms with van der Waals surface area (Å²) in [5.74, 6) is -0.706. The molecular formula is C12H18N4O3. The van der Waals surface area contributed by atoms with Crippen molar-refractivity contribution in [1.29, 1.82) is 0 Å². The van der Waals surface area contributed by atoms with Crippen LogP contribution in [0.2, 0.25) is 0 Å². The lowest BCUT2D eigenvalue weighted by Crippen LogP contribution is -2.43. The average Bonchev–Trinajstić information content (AvgIpc) is 2.95. The Morgan fingerprint density at radius 1 is 1.53 bits per heavy atom. The summed E-state index contributed by atoms with van der Waals surface area (Å²) in [6, 6.07) is -0.777. The van der Waals surface area contributed by atoms with E-state index in [1.54, 1.807) is 0 Å². The van der Waals surface area contributed by atoms with Crippen molar-refractivity contribution in [3.63, 3.8) is 0 Å². The first kappa shape index (κ1) is 13.5. The van der Waals surface area contributed by atoms with Crippen LogP contribution in [-0.2, 0) is 11.2 Å². The quantitative estimate of drug-likeness (QED) is 0.835. The zero-order chi connectivity index (χ0) is 14.0. The number of rotatable bonds is 4. The third kappa shape index (κ3) is 2.59. The molecule has 2 rings (SSSR count). The number of nitrogens with zero attached hydrogens (tertiary/aromatic N) is 3. The van der Waals surface area contributed by atoms with E-state index >= 15 is 0 Å². The number of hydrogen-bond acceptors (Lipinski definition) is 4. The molecule has 1 amide bonds. The van der Waals surface area contributed by atoms with Crippen LogP contribution < -0.4 is 0 Å². The number of aliphatic carboxylic acids is 1. The van der Waals surface area contributed by atoms with Crippen molar-refractivity contribution < 1.29 is 14.7 Å². The lowest BCUT2D eigenvalue weighted by molar-refractivity contribution is -0.142. The SMILES string of the molecule is CCCc1nc(C(=O)N2CCC(C)C2C(=O)O)n[nH]1. The molecule has 1 aromatic rings. The van der Waals surface area contributed by atoms with Crippen LogP contribution >= 0.6 is 0 Å². The van der Waals surface area contributed by atoms with E-state index in [-0.39, 0.29) is 11.7 Å². The van der Waals surface area contributed by atoms with Crippen LogP contribution in [0.3, 0.4) is 0 Å². The molecule has 2 N–H and O–H groups in total. The lowest BCUT2D eigenvalue weighted by Gasteiger charge is -2.21. The van der Waals surface area contributed by atoms with Crippen molar-refractivity contribution in [2.75, 3.05) is 6.54 Å². The molecule has 0 aromatic carbocycles. The molecule has 1 aliphatic rings. The first-order valence-electron chi connectivity index (χ1n) is 6.49. The molecule has 104 valence electrons. The van der Waals surface area contributed by atoms with Gasteiger partial charge in [-0.2, -0.15) is 0 Å². The van der Waals surface area contributed by atoms with Crippen LogP contribution in [0.15, 0.2) is 0 Å². The molecule has 1 saturated heterocycles. The van der Waals surface area contributed by atoms with E-state index in [4.69, 9.17) is 0 Å². The molecule has 7 heteroatoms. The highest BCUT2D eigenvalue weighted by Crippen LogP contribution is 2.25. The molecule has 0 aliphatic carbocycles. The minimum absolute atomic E-state index is 0.0458. The molecule has 7 nitrogen and oxygen atoms in total. The van der Waals surface area contributed by atoms with Crippen LogP contribution in [0.25, 0.3) is 0 Å². The largest absolute Gasteiger partial charge is 0.480 e. The van der Waals surface area contributed by atoms with Gasteiger partial charge in [-0.15, -0.1) is 5.10 Å². The highest BCUT2D eigenvalue weighted by Gasteiger charge is 2.40. The van der Waals surface area contributed by atoms with Gasteiger partial charge in [-0.1, -0.05) is 13.8 Å². The Balaban J connectivity index is 2.16. The van der Waals surface area contributed by atoms with E-state index in [1.807, 2.05) is 13.8 Å². The van der Waals surface area contributed by atoms with Gasteiger partial charge in [-0.05, 0) is 18.8 Å². The Morgan fingerprint density at radius 2 is 2.26 bits per heavy atom. The third-order valence-electron chi connectivity index (χ3n) is 3.42. The smallest absolute Gasteiger partial charge is 0.326 e. The minimum Gasteiger partial charge on any atom is -0.480 e. The number of aryl methyl sites for hydroxylation is 1. The van der Waals surface area contributed by atoms with E-state index in [0.29, 0.717) is 18.8 Å². The zero-order valence-electron chi connectivity index (χ0n) is 11.1. The van der Waals surface area contributed by atoms with Gasteiger partial charge in [0.05, 0.1) is 0 Å². The summed E-state index contributed by atoms with van der Waals surface area (Å²) < 4.78 is 0. The van der Waals surface area contributed by atoms with E-state index in [1.165, 1.54) is 4.90 Å². The van der Waals surface area contributed by atoms with E-state index in [9.17, 15) is 14.7 Å². The van der Waals surface area contributed by atoms with Crippen LogP contribution in [0, 0.1) is 5.92 Å². The second-order valence-corrected chi connectivity index (χ2v) is 4.90. The first-order chi connectivity index (χ1) is 9.04. The van der Waals surface area contributed by atoms with Gasteiger partial charge in [-0.25, -0.2) is 9.78 Å². The number of carboxylic acid groups (broad SMARTS) is 1. The van der Waals surface area contributed by atoms with Crippen molar-refractivity contribution in [2.45, 2.75) is 39.2 Å². The summed E-state index contributed by atoms with van der Waals surface area (Å²) in [6.45, 7) is 4.29. The Labute approximate surface area is 111 Å². The maximum Gasteiger partial charge on any atom is 0.326 e. The average molecular weight is 266 g/mol. The molecule has 1 aromatic heterocycles. The van der Waals surface area contributed by atoms with E-state index < -0.39 is 17.9 Å². The van der Waals surface area contributed by atoms with Crippen molar-refractivity contribution in [2.24, 2.45) is 5.92 Å². The van der Waals surface area contributed by atoms with Gasteiger partial charge in [0.25, 0.3) is 5.91 Å². The summed E-state index contributed by atoms with van der Waals surface area (Å²) >= 11 is 0. The Morgan fingerprint density at radius 3 is 2.89 bits per heavy atom. The number of amides is 1. The summed E-state index contributed by atoms with van der Waals surface area (Å²) in [5.41, 5.74) is 0. The minimum atomic E-state index is -0.970. The Bertz CT molecular complexity index is 485. The maximum atomic E-state index is 12.2. The number of aromatic amines is 1. The molecule has 2 unspecified atom stereocenters. The predicted molar refractivity (Wildman–Crippen MR) is 66.6 cm³/mol. The molecule has 19 heavy (non-hydrogen) atoms. The van der Waals surface area contributed by atoms with Gasteiger partial charge >= 0.3 is 5.97 Å². The highest BCUT2D eigenvalue weighted by atomic mass is 16.4. The van der Waals surface area contributed by atoms with E-state index in [2.05, 4.69) is 15.2 Å². The fourth-order valence-corrected chi connectivity index (χ4v) is 2.42. The van der Waals surface area contributed by atoms with Gasteiger partial charge in [0.1, 0.15) is 11.9 Å². The van der Waals surface area contributed by atoms with Crippen LogP contribution in [0.1, 0.15) is 43.1 Å². The summed E-state index contributed by atoms with van der Waals surface area (Å²) in [4.78, 5) is 28.9. The van der Waals surface area contributed by atoms with Gasteiger partial charge in [-0.3, -0.25) is 9.89 Å². The van der Waals surface area contributed by atoms with Crippen molar-refractivity contribution in [3.05, 3.63) is 11.6 Å². The first-order valence-corrected chi connectivity index (χ1v) is 6.49. The van der Waals surface area contributed by atoms with Crippen molar-refractivity contribution >= 4 is 11.9 Å². The fraction of sp³-hybridized carbons (Fsp3) is 0.667. The van der Waals surface area contributed by atoms with Gasteiger partial charge < -0.3 is 10.0 Å². The molecule has 2 heterocycles. The molecular weight excluding hydrogens is 248 g/mol. The second-order valence-electron chi connectivity index (χ2n) is 4.90.